The van der Waals surface area contributed by atoms with Gasteiger partial charge in [-0.2, -0.15) is 0 Å². The number of benzene rings is 1. The first-order valence-corrected chi connectivity index (χ1v) is 8.87. The molecule has 1 atom stereocenters. The molecule has 1 aliphatic rings. The minimum Gasteiger partial charge on any atom is -0.326 e. The molecule has 17 heavy (non-hydrogen) atoms. The molecule has 0 radical (unpaired) electrons. The van der Waals surface area contributed by atoms with Crippen LogP contribution in [0.5, 0.6) is 0 Å². The van der Waals surface area contributed by atoms with Crippen LogP contribution in [0.1, 0.15) is 0 Å². The fourth-order valence-corrected chi connectivity index (χ4v) is 4.76. The second-order valence-corrected chi connectivity index (χ2v) is 9.72. The first-order chi connectivity index (χ1) is 7.99. The molecule has 90 valence electrons. The number of carbonyl (C=O) groups excluding carboxylic acids is 2. The van der Waals surface area contributed by atoms with Gasteiger partial charge in [-0.15, -0.1) is 0 Å². The molecule has 0 aromatic heterocycles. The van der Waals surface area contributed by atoms with Crippen LogP contribution in [0.25, 0.3) is 0 Å². The van der Waals surface area contributed by atoms with Crippen LogP contribution in [-0.4, -0.2) is 26.1 Å². The molecule has 0 bridgehead atoms. The standard InChI is InChI=1S/C12H16N2O2Si/c1-17(2,9-6-4-3-5-7-9)8-10-11(15)14-12(16)13-10/h3-7,10H,8H2,1-2H3,(H2,13,14,15,16)/t10-/m0/s1. The summed E-state index contributed by atoms with van der Waals surface area (Å²) in [5, 5.41) is 6.24. The van der Waals surface area contributed by atoms with Crippen molar-refractivity contribution in [3.8, 4) is 0 Å². The minimum absolute atomic E-state index is 0.202. The first kappa shape index (κ1) is 11.9. The predicted octanol–water partition coefficient (Wildman–Crippen LogP) is 0.810. The topological polar surface area (TPSA) is 58.2 Å². The number of amides is 3. The average Bonchev–Trinajstić information content (AvgIpc) is 2.58. The van der Waals surface area contributed by atoms with Crippen molar-refractivity contribution in [3.63, 3.8) is 0 Å². The normalized spacial score (nSPS) is 20.0. The van der Waals surface area contributed by atoms with Crippen LogP contribution in [0.4, 0.5) is 4.79 Å². The molecule has 2 N–H and O–H groups in total. The van der Waals surface area contributed by atoms with E-state index in [4.69, 9.17) is 0 Å². The summed E-state index contributed by atoms with van der Waals surface area (Å²) in [6.45, 7) is 4.42. The lowest BCUT2D eigenvalue weighted by Gasteiger charge is -2.25. The zero-order valence-electron chi connectivity index (χ0n) is 9.99. The van der Waals surface area contributed by atoms with E-state index < -0.39 is 8.07 Å². The number of urea groups is 1. The molecule has 0 aliphatic carbocycles. The quantitative estimate of drug-likeness (QED) is 0.614. The molecule has 1 fully saturated rings. The zero-order chi connectivity index (χ0) is 12.5. The summed E-state index contributed by atoms with van der Waals surface area (Å²) in [4.78, 5) is 22.6. The average molecular weight is 248 g/mol. The number of nitrogens with one attached hydrogen (secondary N) is 2. The second-order valence-electron chi connectivity index (χ2n) is 4.97. The summed E-state index contributed by atoms with van der Waals surface area (Å²) >= 11 is 0. The highest BCUT2D eigenvalue weighted by atomic mass is 28.3. The molecule has 2 rings (SSSR count). The van der Waals surface area contributed by atoms with E-state index in [0.717, 1.165) is 6.04 Å². The van der Waals surface area contributed by atoms with Crippen molar-refractivity contribution in [2.75, 3.05) is 0 Å². The van der Waals surface area contributed by atoms with E-state index in [1.807, 2.05) is 18.2 Å². The Labute approximate surface area is 101 Å². The number of imide groups is 1. The molecule has 0 unspecified atom stereocenters. The van der Waals surface area contributed by atoms with Crippen molar-refractivity contribution in [2.24, 2.45) is 0 Å². The van der Waals surface area contributed by atoms with Gasteiger partial charge in [-0.05, 0) is 6.04 Å². The number of rotatable bonds is 3. The molecule has 1 aromatic carbocycles. The van der Waals surface area contributed by atoms with Crippen LogP contribution in [-0.2, 0) is 4.79 Å². The highest BCUT2D eigenvalue weighted by Crippen LogP contribution is 2.14. The number of carbonyl (C=O) groups is 2. The molecule has 1 heterocycles. The van der Waals surface area contributed by atoms with Gasteiger partial charge in [0.15, 0.2) is 0 Å². The highest BCUT2D eigenvalue weighted by Gasteiger charge is 2.36. The summed E-state index contributed by atoms with van der Waals surface area (Å²) in [6, 6.07) is 10.2. The molecular formula is C12H16N2O2Si. The summed E-state index contributed by atoms with van der Waals surface area (Å²) in [5.74, 6) is -0.202. The number of hydrogen-bond acceptors (Lipinski definition) is 2. The monoisotopic (exact) mass is 248 g/mol. The Balaban J connectivity index is 2.13. The minimum atomic E-state index is -1.69. The van der Waals surface area contributed by atoms with Gasteiger partial charge < -0.3 is 5.32 Å². The van der Waals surface area contributed by atoms with Crippen LogP contribution in [0.2, 0.25) is 19.1 Å². The van der Waals surface area contributed by atoms with Gasteiger partial charge in [0.1, 0.15) is 6.04 Å². The van der Waals surface area contributed by atoms with Crippen LogP contribution in [0, 0.1) is 0 Å². The summed E-state index contributed by atoms with van der Waals surface area (Å²) < 4.78 is 0. The van der Waals surface area contributed by atoms with E-state index >= 15 is 0 Å². The Kier molecular flexibility index (Phi) is 3.02. The number of hydrogen-bond donors (Lipinski definition) is 2. The van der Waals surface area contributed by atoms with Gasteiger partial charge in [0.2, 0.25) is 5.91 Å². The molecule has 0 saturated carbocycles. The fraction of sp³-hybridized carbons (Fsp3) is 0.333. The van der Waals surface area contributed by atoms with Crippen molar-refractivity contribution < 1.29 is 9.59 Å². The van der Waals surface area contributed by atoms with E-state index in [2.05, 4.69) is 35.9 Å². The fourth-order valence-electron chi connectivity index (χ4n) is 2.12. The second kappa shape index (κ2) is 4.33. The van der Waals surface area contributed by atoms with Gasteiger partial charge in [-0.3, -0.25) is 10.1 Å². The summed E-state index contributed by atoms with van der Waals surface area (Å²) in [5.41, 5.74) is 0. The third-order valence-electron chi connectivity index (χ3n) is 3.13. The molecule has 0 spiro atoms. The Morgan fingerprint density at radius 3 is 2.35 bits per heavy atom. The maximum Gasteiger partial charge on any atom is 0.322 e. The Morgan fingerprint density at radius 1 is 1.18 bits per heavy atom. The van der Waals surface area contributed by atoms with Crippen molar-refractivity contribution in [1.29, 1.82) is 0 Å². The van der Waals surface area contributed by atoms with Gasteiger partial charge in [0.05, 0.1) is 8.07 Å². The maximum absolute atomic E-state index is 11.5. The molecular weight excluding hydrogens is 232 g/mol. The van der Waals surface area contributed by atoms with Crippen molar-refractivity contribution in [3.05, 3.63) is 30.3 Å². The van der Waals surface area contributed by atoms with Gasteiger partial charge in [-0.1, -0.05) is 48.6 Å². The molecule has 1 aliphatic heterocycles. The molecule has 3 amide bonds. The van der Waals surface area contributed by atoms with E-state index in [9.17, 15) is 9.59 Å². The van der Waals surface area contributed by atoms with E-state index in [1.165, 1.54) is 5.19 Å². The van der Waals surface area contributed by atoms with Crippen LogP contribution in [0.3, 0.4) is 0 Å². The maximum atomic E-state index is 11.5. The van der Waals surface area contributed by atoms with Crippen molar-refractivity contribution in [1.82, 2.24) is 10.6 Å². The zero-order valence-corrected chi connectivity index (χ0v) is 11.0. The van der Waals surface area contributed by atoms with Crippen LogP contribution >= 0.6 is 0 Å². The molecule has 1 saturated heterocycles. The van der Waals surface area contributed by atoms with Gasteiger partial charge in [-0.25, -0.2) is 4.79 Å². The van der Waals surface area contributed by atoms with Crippen LogP contribution < -0.4 is 15.8 Å². The van der Waals surface area contributed by atoms with Gasteiger partial charge >= 0.3 is 6.03 Å². The van der Waals surface area contributed by atoms with Gasteiger partial charge in [0.25, 0.3) is 0 Å². The van der Waals surface area contributed by atoms with E-state index in [0.29, 0.717) is 0 Å². The Hall–Kier alpha value is -1.62. The Bertz CT molecular complexity index is 445. The smallest absolute Gasteiger partial charge is 0.322 e. The lowest BCUT2D eigenvalue weighted by molar-refractivity contribution is -0.119. The van der Waals surface area contributed by atoms with E-state index in [-0.39, 0.29) is 18.0 Å². The lowest BCUT2D eigenvalue weighted by atomic mass is 10.3. The summed E-state index contributed by atoms with van der Waals surface area (Å²) in [7, 11) is -1.69. The molecule has 4 nitrogen and oxygen atoms in total. The third-order valence-corrected chi connectivity index (χ3v) is 6.45. The Morgan fingerprint density at radius 2 is 1.82 bits per heavy atom. The van der Waals surface area contributed by atoms with Crippen molar-refractivity contribution in [2.45, 2.75) is 25.2 Å². The van der Waals surface area contributed by atoms with Crippen LogP contribution in [0.15, 0.2) is 30.3 Å². The molecule has 1 aromatic rings. The summed E-state index contributed by atoms with van der Waals surface area (Å²) in [6.07, 6.45) is 0. The van der Waals surface area contributed by atoms with Crippen molar-refractivity contribution >= 4 is 25.2 Å². The van der Waals surface area contributed by atoms with Gasteiger partial charge in [0, 0.05) is 0 Å². The lowest BCUT2D eigenvalue weighted by Crippen LogP contribution is -2.47. The largest absolute Gasteiger partial charge is 0.326 e. The predicted molar refractivity (Wildman–Crippen MR) is 68.8 cm³/mol. The molecule has 5 heteroatoms. The SMILES string of the molecule is C[Si](C)(C[C@@H]1NC(=O)NC1=O)c1ccccc1. The first-order valence-electron chi connectivity index (χ1n) is 5.66. The highest BCUT2D eigenvalue weighted by molar-refractivity contribution is 6.90. The van der Waals surface area contributed by atoms with E-state index in [1.54, 1.807) is 0 Å². The third kappa shape index (κ3) is 2.55.